The molecule has 0 amide bonds. The van der Waals surface area contributed by atoms with Crippen LogP contribution in [0.4, 0.5) is 0 Å². The Labute approximate surface area is 93.4 Å². The van der Waals surface area contributed by atoms with Crippen LogP contribution in [0.5, 0.6) is 0 Å². The molecule has 2 unspecified atom stereocenters. The fourth-order valence-corrected chi connectivity index (χ4v) is 3.46. The first-order chi connectivity index (χ1) is 6.09. The third-order valence-electron chi connectivity index (χ3n) is 3.25. The molecule has 4 atom stereocenters. The molecule has 0 aromatic heterocycles. The van der Waals surface area contributed by atoms with Crippen LogP contribution >= 0.6 is 22.6 Å². The minimum Gasteiger partial charge on any atom is -0.390 e. The molecule has 1 N–H and O–H groups in total. The number of nitrogens with zero attached hydrogens (tertiary/aromatic N) is 1. The topological polar surface area (TPSA) is 32.7 Å². The van der Waals surface area contributed by atoms with Crippen molar-refractivity contribution in [2.24, 2.45) is 5.92 Å². The van der Waals surface area contributed by atoms with Crippen molar-refractivity contribution in [3.05, 3.63) is 0 Å². The van der Waals surface area contributed by atoms with Crippen LogP contribution in [0.3, 0.4) is 0 Å². The Hall–Kier alpha value is 0.675. The van der Waals surface area contributed by atoms with Gasteiger partial charge in [0.25, 0.3) is 0 Å². The zero-order valence-corrected chi connectivity index (χ0v) is 10.2. The molecule has 2 rings (SSSR count). The van der Waals surface area contributed by atoms with Gasteiger partial charge in [-0.1, -0.05) is 22.6 Å². The number of rotatable bonds is 1. The van der Waals surface area contributed by atoms with Crippen molar-refractivity contribution in [3.63, 3.8) is 0 Å². The van der Waals surface area contributed by atoms with Gasteiger partial charge in [0.05, 0.1) is 6.10 Å². The van der Waals surface area contributed by atoms with E-state index in [4.69, 9.17) is 4.74 Å². The van der Waals surface area contributed by atoms with E-state index in [-0.39, 0.29) is 17.7 Å². The molecule has 74 valence electrons. The molecule has 2 aliphatic heterocycles. The Morgan fingerprint density at radius 3 is 3.08 bits per heavy atom. The molecule has 0 aromatic rings. The van der Waals surface area contributed by atoms with Gasteiger partial charge in [0.2, 0.25) is 0 Å². The molecule has 0 spiro atoms. The van der Waals surface area contributed by atoms with Crippen LogP contribution in [0.15, 0.2) is 0 Å². The van der Waals surface area contributed by atoms with Crippen LogP contribution in [-0.4, -0.2) is 60.1 Å². The Balaban J connectivity index is 2.26. The molecule has 0 aromatic carbocycles. The van der Waals surface area contributed by atoms with E-state index in [0.29, 0.717) is 5.92 Å². The largest absolute Gasteiger partial charge is 0.390 e. The Morgan fingerprint density at radius 1 is 1.77 bits per heavy atom. The maximum Gasteiger partial charge on any atom is 0.139 e. The summed E-state index contributed by atoms with van der Waals surface area (Å²) in [6, 6.07) is 0.203. The SMILES string of the molecule is B[C@@H]1O[C@@]2(CI)CN(C)CC1C2O. The van der Waals surface area contributed by atoms with Crippen LogP contribution in [0.25, 0.3) is 0 Å². The van der Waals surface area contributed by atoms with Crippen molar-refractivity contribution in [2.45, 2.75) is 17.7 Å². The first-order valence-electron chi connectivity index (χ1n) is 4.69. The molecular weight excluding hydrogens is 280 g/mol. The number of halogens is 1. The van der Waals surface area contributed by atoms with Crippen molar-refractivity contribution >= 4 is 30.4 Å². The average Bonchev–Trinajstić information content (AvgIpc) is 2.26. The highest BCUT2D eigenvalue weighted by Crippen LogP contribution is 2.40. The summed E-state index contributed by atoms with van der Waals surface area (Å²) < 4.78 is 6.78. The molecule has 2 bridgehead atoms. The molecule has 2 heterocycles. The molecule has 0 radical (unpaired) electrons. The third-order valence-corrected chi connectivity index (χ3v) is 4.55. The Kier molecular flexibility index (Phi) is 2.64. The fraction of sp³-hybridized carbons (Fsp3) is 1.00. The van der Waals surface area contributed by atoms with Crippen molar-refractivity contribution in [1.82, 2.24) is 4.90 Å². The Morgan fingerprint density at radius 2 is 2.46 bits per heavy atom. The molecule has 13 heavy (non-hydrogen) atoms. The maximum atomic E-state index is 10.1. The van der Waals surface area contributed by atoms with E-state index < -0.39 is 0 Å². The van der Waals surface area contributed by atoms with Gasteiger partial charge in [0, 0.05) is 29.4 Å². The van der Waals surface area contributed by atoms with Crippen molar-refractivity contribution in [2.75, 3.05) is 24.6 Å². The highest BCUT2D eigenvalue weighted by atomic mass is 127. The summed E-state index contributed by atoms with van der Waals surface area (Å²) in [6.07, 6.45) is -0.268. The minimum atomic E-state index is -0.294. The molecule has 2 aliphatic rings. The van der Waals surface area contributed by atoms with Gasteiger partial charge in [-0.25, -0.2) is 0 Å². The van der Waals surface area contributed by atoms with Crippen molar-refractivity contribution < 1.29 is 9.84 Å². The number of hydrogen-bond acceptors (Lipinski definition) is 3. The summed E-state index contributed by atoms with van der Waals surface area (Å²) >= 11 is 2.31. The van der Waals surface area contributed by atoms with Gasteiger partial charge in [-0.15, -0.1) is 0 Å². The van der Waals surface area contributed by atoms with Crippen LogP contribution in [0.1, 0.15) is 0 Å². The van der Waals surface area contributed by atoms with Crippen LogP contribution in [-0.2, 0) is 4.74 Å². The molecule has 3 nitrogen and oxygen atoms in total. The second-order valence-corrected chi connectivity index (χ2v) is 5.09. The molecule has 2 saturated heterocycles. The molecule has 0 aliphatic carbocycles. The van der Waals surface area contributed by atoms with Gasteiger partial charge in [-0.3, -0.25) is 0 Å². The average molecular weight is 295 g/mol. The quantitative estimate of drug-likeness (QED) is 0.385. The number of aliphatic hydroxyl groups is 1. The highest BCUT2D eigenvalue weighted by molar-refractivity contribution is 14.1. The smallest absolute Gasteiger partial charge is 0.139 e. The van der Waals surface area contributed by atoms with Crippen LogP contribution in [0, 0.1) is 5.92 Å². The van der Waals surface area contributed by atoms with Gasteiger partial charge >= 0.3 is 0 Å². The van der Waals surface area contributed by atoms with Gasteiger partial charge < -0.3 is 14.7 Å². The number of hydrogen-bond donors (Lipinski definition) is 1. The van der Waals surface area contributed by atoms with Gasteiger partial charge in [-0.05, 0) is 7.05 Å². The number of likely N-dealkylation sites (tertiary alicyclic amines) is 1. The molecule has 5 heteroatoms. The lowest BCUT2D eigenvalue weighted by Crippen LogP contribution is -2.57. The number of aliphatic hydroxyl groups excluding tert-OH is 1. The lowest BCUT2D eigenvalue weighted by Gasteiger charge is -2.39. The van der Waals surface area contributed by atoms with E-state index in [1.54, 1.807) is 0 Å². The summed E-state index contributed by atoms with van der Waals surface area (Å²) in [4.78, 5) is 2.26. The van der Waals surface area contributed by atoms with E-state index >= 15 is 0 Å². The monoisotopic (exact) mass is 295 g/mol. The van der Waals surface area contributed by atoms with Crippen molar-refractivity contribution in [1.29, 1.82) is 0 Å². The fourth-order valence-electron chi connectivity index (χ4n) is 2.59. The highest BCUT2D eigenvalue weighted by Gasteiger charge is 2.55. The van der Waals surface area contributed by atoms with Crippen LogP contribution < -0.4 is 0 Å². The van der Waals surface area contributed by atoms with Gasteiger partial charge in [0.1, 0.15) is 13.4 Å². The molecule has 0 saturated carbocycles. The lowest BCUT2D eigenvalue weighted by atomic mass is 9.79. The standard InChI is InChI=1S/C8H15BINO2/c1-11-2-5-6(12)8(3-10,4-11)13-7(5)9/h5-7,12H,2-4,9H2,1H3/t5?,6?,7-,8+/m1/s1. The van der Waals surface area contributed by atoms with Gasteiger partial charge in [-0.2, -0.15) is 0 Å². The number of likely N-dealkylation sites (N-methyl/N-ethyl adjacent to an activating group) is 1. The summed E-state index contributed by atoms with van der Waals surface area (Å²) in [5.41, 5.74) is -0.294. The van der Waals surface area contributed by atoms with E-state index in [0.717, 1.165) is 17.5 Å². The lowest BCUT2D eigenvalue weighted by molar-refractivity contribution is -0.0745. The zero-order chi connectivity index (χ0) is 9.64. The molecule has 2 fully saturated rings. The van der Waals surface area contributed by atoms with E-state index in [1.165, 1.54) is 0 Å². The number of alkyl halides is 1. The zero-order valence-electron chi connectivity index (χ0n) is 8.03. The van der Waals surface area contributed by atoms with E-state index in [1.807, 2.05) is 0 Å². The summed E-state index contributed by atoms with van der Waals surface area (Å²) in [5.74, 6) is 0.300. The maximum absolute atomic E-state index is 10.1. The van der Waals surface area contributed by atoms with Crippen LogP contribution in [0.2, 0.25) is 0 Å². The first kappa shape index (κ1) is 10.2. The van der Waals surface area contributed by atoms with E-state index in [9.17, 15) is 5.11 Å². The predicted molar refractivity (Wildman–Crippen MR) is 62.0 cm³/mol. The minimum absolute atomic E-state index is 0.203. The first-order valence-corrected chi connectivity index (χ1v) is 6.22. The second-order valence-electron chi connectivity index (χ2n) is 4.33. The number of ether oxygens (including phenoxy) is 1. The summed E-state index contributed by atoms with van der Waals surface area (Å²) in [5, 5.41) is 10.1. The normalized spacial score (nSPS) is 51.2. The predicted octanol–water partition coefficient (Wildman–Crippen LogP) is -0.928. The van der Waals surface area contributed by atoms with Crippen molar-refractivity contribution in [3.8, 4) is 0 Å². The number of fused-ring (bicyclic) bond motifs is 2. The van der Waals surface area contributed by atoms with E-state index in [2.05, 4.69) is 42.4 Å². The third kappa shape index (κ3) is 1.44. The summed E-state index contributed by atoms with van der Waals surface area (Å²) in [6.45, 7) is 1.82. The van der Waals surface area contributed by atoms with Gasteiger partial charge in [0.15, 0.2) is 0 Å². The number of piperidine rings is 1. The molecular formula is C8H15BINO2. The Bertz CT molecular complexity index is 214. The second kappa shape index (κ2) is 3.36. The summed E-state index contributed by atoms with van der Waals surface area (Å²) in [7, 11) is 4.17.